The van der Waals surface area contributed by atoms with E-state index in [1.807, 2.05) is 0 Å². The molecule has 0 fully saturated rings. The summed E-state index contributed by atoms with van der Waals surface area (Å²) in [5, 5.41) is 2.79. The van der Waals surface area contributed by atoms with Gasteiger partial charge in [0.1, 0.15) is 0 Å². The molecule has 1 unspecified atom stereocenters. The molecule has 0 radical (unpaired) electrons. The number of hydrogen-bond donors (Lipinski definition) is 1. The number of rotatable bonds is 2. The van der Waals surface area contributed by atoms with Crippen molar-refractivity contribution in [3.63, 3.8) is 0 Å². The molecular weight excluding hydrogens is 469 g/mol. The first-order chi connectivity index (χ1) is 15.5. The fourth-order valence-electron chi connectivity index (χ4n) is 4.21. The van der Waals surface area contributed by atoms with Gasteiger partial charge >= 0.3 is 5.97 Å². The molecule has 5 nitrogen and oxygen atoms in total. The summed E-state index contributed by atoms with van der Waals surface area (Å²) in [7, 11) is -3.41. The van der Waals surface area contributed by atoms with Gasteiger partial charge in [0.15, 0.2) is 33.1 Å². The molecule has 0 amide bonds. The smallest absolute Gasteiger partial charge is 0.336 e. The van der Waals surface area contributed by atoms with E-state index in [0.717, 1.165) is 7.11 Å². The zero-order chi connectivity index (χ0) is 24.2. The minimum absolute atomic E-state index is 0.0314. The Bertz CT molecular complexity index is 1350. The minimum atomic E-state index is -4.35. The number of ether oxygens (including phenoxy) is 1. The Kier molecular flexibility index (Phi) is 5.55. The largest absolute Gasteiger partial charge is 0.466 e. The normalized spacial score (nSPS) is 19.4. The Labute approximate surface area is 185 Å². The second-order valence-corrected chi connectivity index (χ2v) is 9.61. The monoisotopic (exact) mass is 485 g/mol. The van der Waals surface area contributed by atoms with E-state index in [1.54, 1.807) is 24.3 Å². The van der Waals surface area contributed by atoms with Crippen LogP contribution in [0.1, 0.15) is 29.5 Å². The molecule has 1 N–H and O–H groups in total. The molecule has 2 heterocycles. The van der Waals surface area contributed by atoms with E-state index in [-0.39, 0.29) is 17.8 Å². The van der Waals surface area contributed by atoms with Gasteiger partial charge in [0.25, 0.3) is 0 Å². The number of dihydropyridines is 1. The maximum Gasteiger partial charge on any atom is 0.336 e. The lowest BCUT2D eigenvalue weighted by molar-refractivity contribution is -0.136. The first-order valence-corrected chi connectivity index (χ1v) is 11.3. The van der Waals surface area contributed by atoms with Crippen molar-refractivity contribution in [1.29, 1.82) is 0 Å². The van der Waals surface area contributed by atoms with Crippen molar-refractivity contribution >= 4 is 21.5 Å². The van der Waals surface area contributed by atoms with Crippen molar-refractivity contribution in [2.45, 2.75) is 19.3 Å². The van der Waals surface area contributed by atoms with Crippen molar-refractivity contribution in [3.05, 3.63) is 86.2 Å². The van der Waals surface area contributed by atoms with Gasteiger partial charge in [-0.3, -0.25) is 0 Å². The molecule has 2 aliphatic heterocycles. The van der Waals surface area contributed by atoms with Gasteiger partial charge in [-0.25, -0.2) is 35.2 Å². The molecule has 4 rings (SSSR count). The van der Waals surface area contributed by atoms with Gasteiger partial charge in [0, 0.05) is 16.8 Å². The second-order valence-electron chi connectivity index (χ2n) is 7.54. The molecule has 0 saturated carbocycles. The van der Waals surface area contributed by atoms with Crippen LogP contribution in [-0.2, 0) is 25.8 Å². The number of sulfone groups is 1. The van der Waals surface area contributed by atoms with E-state index < -0.39 is 72.6 Å². The Hall–Kier alpha value is -3.21. The quantitative estimate of drug-likeness (QED) is 0.303. The predicted molar refractivity (Wildman–Crippen MR) is 108 cm³/mol. The maximum absolute atomic E-state index is 14.9. The van der Waals surface area contributed by atoms with Crippen molar-refractivity contribution in [2.75, 3.05) is 12.9 Å². The van der Waals surface area contributed by atoms with Crippen LogP contribution in [0.3, 0.4) is 0 Å². The molecule has 33 heavy (non-hydrogen) atoms. The van der Waals surface area contributed by atoms with Crippen LogP contribution in [0.25, 0.3) is 5.70 Å². The number of benzene rings is 2. The molecule has 0 aliphatic carbocycles. The summed E-state index contributed by atoms with van der Waals surface area (Å²) in [6.07, 6.45) is 0.0314. The molecule has 0 bridgehead atoms. The number of carbonyl (C=O) groups excluding carboxylic acids is 1. The Morgan fingerprint density at radius 1 is 1.00 bits per heavy atom. The molecule has 174 valence electrons. The number of hydrogen-bond acceptors (Lipinski definition) is 5. The fraction of sp³-hybridized carbons (Fsp3) is 0.227. The number of nitrogens with one attached hydrogen (secondary N) is 1. The summed E-state index contributed by atoms with van der Waals surface area (Å²) in [6, 6.07) is 6.49. The maximum atomic E-state index is 14.9. The first-order valence-electron chi connectivity index (χ1n) is 9.63. The average Bonchev–Trinajstić information content (AvgIpc) is 2.90. The molecular formula is C22H16F5NO4S. The van der Waals surface area contributed by atoms with E-state index in [1.165, 1.54) is 6.92 Å². The minimum Gasteiger partial charge on any atom is -0.466 e. The van der Waals surface area contributed by atoms with Gasteiger partial charge in [-0.1, -0.05) is 24.3 Å². The van der Waals surface area contributed by atoms with Crippen molar-refractivity contribution in [3.8, 4) is 0 Å². The van der Waals surface area contributed by atoms with Gasteiger partial charge in [0.2, 0.25) is 5.82 Å². The molecule has 0 aromatic heterocycles. The molecule has 11 heteroatoms. The van der Waals surface area contributed by atoms with Crippen LogP contribution in [0, 0.1) is 29.1 Å². The number of fused-ring (bicyclic) bond motifs is 2. The van der Waals surface area contributed by atoms with Crippen molar-refractivity contribution in [1.82, 2.24) is 5.32 Å². The fourth-order valence-corrected chi connectivity index (χ4v) is 5.99. The van der Waals surface area contributed by atoms with Crippen LogP contribution < -0.4 is 5.32 Å². The standard InChI is InChI=1S/C22H16F5NO4S/c1-9-12(22(29)32-2)13(14-15(23)17(25)19(27)18(26)16(14)24)21-20(28-9)11-6-4-3-5-10(11)7-8-33(21,30)31/h3-6,13,28H,7-8H2,1-2H3. The number of methoxy groups -OCH3 is 1. The van der Waals surface area contributed by atoms with Crippen LogP contribution in [0.4, 0.5) is 22.0 Å². The molecule has 0 saturated heterocycles. The van der Waals surface area contributed by atoms with Crippen LogP contribution in [0.5, 0.6) is 0 Å². The van der Waals surface area contributed by atoms with Crippen LogP contribution in [-0.4, -0.2) is 27.2 Å². The highest BCUT2D eigenvalue weighted by atomic mass is 32.2. The number of carbonyl (C=O) groups is 1. The highest BCUT2D eigenvalue weighted by molar-refractivity contribution is 7.95. The predicted octanol–water partition coefficient (Wildman–Crippen LogP) is 3.86. The molecule has 2 aliphatic rings. The Morgan fingerprint density at radius 2 is 1.58 bits per heavy atom. The lowest BCUT2D eigenvalue weighted by Crippen LogP contribution is -2.33. The summed E-state index contributed by atoms with van der Waals surface area (Å²) in [5.74, 6) is -15.2. The third-order valence-electron chi connectivity index (χ3n) is 5.71. The highest BCUT2D eigenvalue weighted by Crippen LogP contribution is 2.47. The molecule has 1 atom stereocenters. The van der Waals surface area contributed by atoms with Gasteiger partial charge < -0.3 is 10.1 Å². The molecule has 0 spiro atoms. The molecule has 2 aromatic rings. The SMILES string of the molecule is COC(=O)C1=C(C)NC2=C(C1c1c(F)c(F)c(F)c(F)c1F)S(=O)(=O)CCc1ccccc12. The average molecular weight is 485 g/mol. The lowest BCUT2D eigenvalue weighted by Gasteiger charge is -2.32. The second kappa shape index (κ2) is 7.98. The Morgan fingerprint density at radius 3 is 2.18 bits per heavy atom. The van der Waals surface area contributed by atoms with E-state index in [0.29, 0.717) is 11.1 Å². The third-order valence-corrected chi connectivity index (χ3v) is 7.56. The lowest BCUT2D eigenvalue weighted by atomic mass is 9.84. The summed E-state index contributed by atoms with van der Waals surface area (Å²) in [4.78, 5) is 11.9. The van der Waals surface area contributed by atoms with Gasteiger partial charge in [-0.2, -0.15) is 0 Å². The summed E-state index contributed by atoms with van der Waals surface area (Å²) < 4.78 is 103. The topological polar surface area (TPSA) is 72.5 Å². The zero-order valence-corrected chi connectivity index (χ0v) is 18.0. The van der Waals surface area contributed by atoms with Gasteiger partial charge in [-0.15, -0.1) is 0 Å². The van der Waals surface area contributed by atoms with Crippen LogP contribution in [0.15, 0.2) is 40.4 Å². The highest BCUT2D eigenvalue weighted by Gasteiger charge is 2.46. The zero-order valence-electron chi connectivity index (χ0n) is 17.2. The third kappa shape index (κ3) is 3.41. The Balaban J connectivity index is 2.18. The number of allylic oxidation sites excluding steroid dienone is 2. The van der Waals surface area contributed by atoms with Crippen LogP contribution >= 0.6 is 0 Å². The summed E-state index contributed by atoms with van der Waals surface area (Å²) in [6.45, 7) is 1.31. The number of esters is 1. The van der Waals surface area contributed by atoms with E-state index in [2.05, 4.69) is 10.1 Å². The van der Waals surface area contributed by atoms with E-state index in [4.69, 9.17) is 0 Å². The van der Waals surface area contributed by atoms with E-state index in [9.17, 15) is 35.2 Å². The number of halogens is 5. The summed E-state index contributed by atoms with van der Waals surface area (Å²) in [5.41, 5.74) is -1.22. The molecule has 2 aromatic carbocycles. The van der Waals surface area contributed by atoms with Gasteiger partial charge in [-0.05, 0) is 18.9 Å². The van der Waals surface area contributed by atoms with Crippen molar-refractivity contribution < 1.29 is 39.9 Å². The number of aryl methyl sites for hydroxylation is 1. The first kappa shape index (κ1) is 23.0. The van der Waals surface area contributed by atoms with E-state index >= 15 is 0 Å². The summed E-state index contributed by atoms with van der Waals surface area (Å²) >= 11 is 0. The van der Waals surface area contributed by atoms with Gasteiger partial charge in [0.05, 0.1) is 35.0 Å². The van der Waals surface area contributed by atoms with Crippen LogP contribution in [0.2, 0.25) is 0 Å². The van der Waals surface area contributed by atoms with Crippen molar-refractivity contribution in [2.24, 2.45) is 0 Å².